The zero-order valence-corrected chi connectivity index (χ0v) is 12.2. The number of allylic oxidation sites excluding steroid dienone is 1. The highest BCUT2D eigenvalue weighted by atomic mass is 16.6. The van der Waals surface area contributed by atoms with Crippen molar-refractivity contribution in [2.45, 2.75) is 31.5 Å². The Bertz CT molecular complexity index is 579. The average molecular weight is 284 g/mol. The monoisotopic (exact) mass is 284 g/mol. The molecule has 21 heavy (non-hydrogen) atoms. The molecule has 1 spiro atoms. The Hall–Kier alpha value is -1.61. The van der Waals surface area contributed by atoms with E-state index in [0.29, 0.717) is 23.5 Å². The van der Waals surface area contributed by atoms with Gasteiger partial charge < -0.3 is 9.47 Å². The number of rotatable bonds is 3. The lowest BCUT2D eigenvalue weighted by Gasteiger charge is -2.25. The number of hydrogen-bond acceptors (Lipinski definition) is 3. The fourth-order valence-electron chi connectivity index (χ4n) is 4.59. The van der Waals surface area contributed by atoms with Crippen molar-refractivity contribution in [3.8, 4) is 0 Å². The van der Waals surface area contributed by atoms with E-state index in [4.69, 9.17) is 9.47 Å². The minimum absolute atomic E-state index is 0.0362. The molecule has 2 fully saturated rings. The maximum absolute atomic E-state index is 12.3. The van der Waals surface area contributed by atoms with Crippen molar-refractivity contribution in [2.75, 3.05) is 7.11 Å². The maximum Gasteiger partial charge on any atom is 0.338 e. The van der Waals surface area contributed by atoms with Crippen molar-refractivity contribution in [3.63, 3.8) is 0 Å². The number of ether oxygens (including phenoxy) is 2. The molecule has 5 atom stereocenters. The first-order valence-corrected chi connectivity index (χ1v) is 7.73. The first-order chi connectivity index (χ1) is 10.3. The summed E-state index contributed by atoms with van der Waals surface area (Å²) in [6.07, 6.45) is 8.08. The first kappa shape index (κ1) is 13.1. The highest BCUT2D eigenvalue weighted by Gasteiger charge is 2.73. The van der Waals surface area contributed by atoms with E-state index in [1.807, 2.05) is 30.3 Å². The second-order valence-corrected chi connectivity index (χ2v) is 6.41. The molecular weight excluding hydrogens is 264 g/mol. The quantitative estimate of drug-likeness (QED) is 0.631. The molecule has 1 aromatic carbocycles. The minimum Gasteiger partial charge on any atom is -0.457 e. The van der Waals surface area contributed by atoms with Crippen molar-refractivity contribution in [1.82, 2.24) is 0 Å². The summed E-state index contributed by atoms with van der Waals surface area (Å²) < 4.78 is 11.5. The lowest BCUT2D eigenvalue weighted by Crippen LogP contribution is -2.26. The summed E-state index contributed by atoms with van der Waals surface area (Å²) >= 11 is 0. The maximum atomic E-state index is 12.3. The van der Waals surface area contributed by atoms with Crippen LogP contribution in [0.25, 0.3) is 0 Å². The molecule has 3 heteroatoms. The Labute approximate surface area is 124 Å². The molecule has 0 saturated heterocycles. The van der Waals surface area contributed by atoms with Crippen LogP contribution in [0.2, 0.25) is 0 Å². The van der Waals surface area contributed by atoms with Gasteiger partial charge in [-0.3, -0.25) is 0 Å². The standard InChI is InChI=1S/C18H20O3/c1-20-15-10-11-18-13(15)8-5-9-14(18)16(18)21-17(19)12-6-3-2-4-7-12/h2-7,9,13-16H,8,10-11H2,1H3/t13-,14-,15-,16?,18-/m1/s1. The van der Waals surface area contributed by atoms with Gasteiger partial charge in [-0.15, -0.1) is 0 Å². The molecule has 0 bridgehead atoms. The molecule has 1 aromatic rings. The molecule has 0 heterocycles. The molecule has 0 aliphatic heterocycles. The predicted octanol–water partition coefficient (Wildman–Crippen LogP) is 3.21. The van der Waals surface area contributed by atoms with Crippen LogP contribution in [0.3, 0.4) is 0 Å². The SMILES string of the molecule is CO[C@@H]1CC[C@]23C(OC(=O)c4ccccc4)[C@H]2C=CC[C@H]13. The van der Waals surface area contributed by atoms with E-state index in [-0.39, 0.29) is 17.5 Å². The molecule has 110 valence electrons. The average Bonchev–Trinajstić information content (AvgIpc) is 2.99. The van der Waals surface area contributed by atoms with Gasteiger partial charge in [-0.25, -0.2) is 4.79 Å². The van der Waals surface area contributed by atoms with Gasteiger partial charge in [0.25, 0.3) is 0 Å². The van der Waals surface area contributed by atoms with Crippen LogP contribution in [0.4, 0.5) is 0 Å². The van der Waals surface area contributed by atoms with Crippen LogP contribution in [-0.4, -0.2) is 25.3 Å². The molecule has 3 aliphatic rings. The molecule has 0 aromatic heterocycles. The van der Waals surface area contributed by atoms with Gasteiger partial charge in [0, 0.05) is 18.4 Å². The minimum atomic E-state index is -0.197. The second-order valence-electron chi connectivity index (χ2n) is 6.41. The second kappa shape index (κ2) is 4.70. The molecule has 3 nitrogen and oxygen atoms in total. The molecule has 0 radical (unpaired) electrons. The lowest BCUT2D eigenvalue weighted by molar-refractivity contribution is 0.0273. The zero-order chi connectivity index (χ0) is 14.4. The molecule has 4 rings (SSSR count). The summed E-state index contributed by atoms with van der Waals surface area (Å²) in [6, 6.07) is 9.27. The van der Waals surface area contributed by atoms with Gasteiger partial charge in [-0.05, 0) is 37.3 Å². The number of methoxy groups -OCH3 is 1. The Morgan fingerprint density at radius 3 is 2.86 bits per heavy atom. The van der Waals surface area contributed by atoms with Gasteiger partial charge in [0.05, 0.1) is 11.7 Å². The highest BCUT2D eigenvalue weighted by molar-refractivity contribution is 5.89. The summed E-state index contributed by atoms with van der Waals surface area (Å²) in [5.74, 6) is 0.701. The van der Waals surface area contributed by atoms with Crippen LogP contribution in [0.5, 0.6) is 0 Å². The van der Waals surface area contributed by atoms with Crippen LogP contribution in [-0.2, 0) is 9.47 Å². The molecule has 1 unspecified atom stereocenters. The van der Waals surface area contributed by atoms with E-state index in [1.54, 1.807) is 7.11 Å². The Kier molecular flexibility index (Phi) is 2.93. The Morgan fingerprint density at radius 2 is 2.10 bits per heavy atom. The van der Waals surface area contributed by atoms with E-state index < -0.39 is 0 Å². The summed E-state index contributed by atoms with van der Waals surface area (Å²) in [5, 5.41) is 0. The third-order valence-corrected chi connectivity index (χ3v) is 5.65. The van der Waals surface area contributed by atoms with Gasteiger partial charge in [-0.1, -0.05) is 30.4 Å². The van der Waals surface area contributed by atoms with E-state index in [1.165, 1.54) is 0 Å². The predicted molar refractivity (Wildman–Crippen MR) is 78.8 cm³/mol. The van der Waals surface area contributed by atoms with Crippen LogP contribution in [0, 0.1) is 17.3 Å². The number of benzene rings is 1. The molecule has 3 aliphatic carbocycles. The topological polar surface area (TPSA) is 35.5 Å². The van der Waals surface area contributed by atoms with Gasteiger partial charge >= 0.3 is 5.97 Å². The van der Waals surface area contributed by atoms with E-state index in [9.17, 15) is 4.79 Å². The Balaban J connectivity index is 1.53. The number of carbonyl (C=O) groups excluding carboxylic acids is 1. The lowest BCUT2D eigenvalue weighted by atomic mass is 9.83. The highest BCUT2D eigenvalue weighted by Crippen LogP contribution is 2.70. The van der Waals surface area contributed by atoms with Crippen LogP contribution >= 0.6 is 0 Å². The van der Waals surface area contributed by atoms with Crippen molar-refractivity contribution in [1.29, 1.82) is 0 Å². The third-order valence-electron chi connectivity index (χ3n) is 5.65. The summed E-state index contributed by atoms with van der Waals surface area (Å²) in [5.41, 5.74) is 0.791. The Morgan fingerprint density at radius 1 is 1.29 bits per heavy atom. The molecule has 0 amide bonds. The zero-order valence-electron chi connectivity index (χ0n) is 12.2. The smallest absolute Gasteiger partial charge is 0.338 e. The first-order valence-electron chi connectivity index (χ1n) is 7.73. The summed E-state index contributed by atoms with van der Waals surface area (Å²) in [6.45, 7) is 0. The fourth-order valence-corrected chi connectivity index (χ4v) is 4.59. The number of hydrogen-bond donors (Lipinski definition) is 0. The van der Waals surface area contributed by atoms with Crippen LogP contribution in [0.15, 0.2) is 42.5 Å². The van der Waals surface area contributed by atoms with Crippen molar-refractivity contribution in [3.05, 3.63) is 48.0 Å². The molecular formula is C18H20O3. The van der Waals surface area contributed by atoms with E-state index in [0.717, 1.165) is 19.3 Å². The summed E-state index contributed by atoms with van der Waals surface area (Å²) in [4.78, 5) is 12.3. The van der Waals surface area contributed by atoms with Gasteiger partial charge in [0.2, 0.25) is 0 Å². The normalized spacial score (nSPS) is 39.5. The fraction of sp³-hybridized carbons (Fsp3) is 0.500. The van der Waals surface area contributed by atoms with Crippen molar-refractivity contribution < 1.29 is 14.3 Å². The number of esters is 1. The summed E-state index contributed by atoms with van der Waals surface area (Å²) in [7, 11) is 1.80. The van der Waals surface area contributed by atoms with E-state index in [2.05, 4.69) is 12.2 Å². The van der Waals surface area contributed by atoms with Crippen LogP contribution < -0.4 is 0 Å². The van der Waals surface area contributed by atoms with Gasteiger partial charge in [-0.2, -0.15) is 0 Å². The number of carbonyl (C=O) groups is 1. The van der Waals surface area contributed by atoms with E-state index >= 15 is 0 Å². The van der Waals surface area contributed by atoms with Gasteiger partial charge in [0.15, 0.2) is 0 Å². The largest absolute Gasteiger partial charge is 0.457 e. The molecule has 2 saturated carbocycles. The third kappa shape index (κ3) is 1.80. The molecule has 0 N–H and O–H groups in total. The van der Waals surface area contributed by atoms with Crippen molar-refractivity contribution in [2.24, 2.45) is 17.3 Å². The van der Waals surface area contributed by atoms with Crippen LogP contribution in [0.1, 0.15) is 29.6 Å². The van der Waals surface area contributed by atoms with Crippen molar-refractivity contribution >= 4 is 5.97 Å². The van der Waals surface area contributed by atoms with Gasteiger partial charge in [0.1, 0.15) is 6.10 Å².